The Bertz CT molecular complexity index is 127. The standard InChI is InChI=1S/C7H15N3/c1-5-9-7(8-2)6-10(3)4/h5H,1,6H2,2-4H3,(H,8,9). The van der Waals surface area contributed by atoms with Gasteiger partial charge in [0, 0.05) is 7.05 Å². The van der Waals surface area contributed by atoms with E-state index in [-0.39, 0.29) is 0 Å². The molecule has 0 unspecified atom stereocenters. The number of amidine groups is 1. The molecule has 0 saturated heterocycles. The van der Waals surface area contributed by atoms with Crippen molar-refractivity contribution in [2.45, 2.75) is 0 Å². The summed E-state index contributed by atoms with van der Waals surface area (Å²) in [5.74, 6) is 0.931. The summed E-state index contributed by atoms with van der Waals surface area (Å²) in [6, 6.07) is 0. The first-order chi connectivity index (χ1) is 4.70. The summed E-state index contributed by atoms with van der Waals surface area (Å²) in [4.78, 5) is 6.05. The molecule has 0 spiro atoms. The molecular formula is C7H15N3. The molecule has 0 aromatic rings. The fraction of sp³-hybridized carbons (Fsp3) is 0.571. The van der Waals surface area contributed by atoms with Crippen molar-refractivity contribution >= 4 is 5.84 Å². The molecule has 0 aliphatic heterocycles. The molecule has 3 nitrogen and oxygen atoms in total. The summed E-state index contributed by atoms with van der Waals surface area (Å²) in [6.07, 6.45) is 1.63. The van der Waals surface area contributed by atoms with Crippen LogP contribution in [0.1, 0.15) is 0 Å². The average Bonchev–Trinajstić information content (AvgIpc) is 1.86. The number of rotatable bonds is 3. The van der Waals surface area contributed by atoms with Gasteiger partial charge in [-0.05, 0) is 20.3 Å². The fourth-order valence-corrected chi connectivity index (χ4v) is 0.598. The number of likely N-dealkylation sites (N-methyl/N-ethyl adjacent to an activating group) is 1. The Labute approximate surface area is 62.4 Å². The lowest BCUT2D eigenvalue weighted by atomic mass is 10.5. The molecule has 0 aromatic carbocycles. The molecule has 0 rings (SSSR count). The molecule has 0 saturated carbocycles. The number of nitrogens with zero attached hydrogens (tertiary/aromatic N) is 2. The minimum Gasteiger partial charge on any atom is -0.350 e. The largest absolute Gasteiger partial charge is 0.350 e. The molecule has 3 heteroatoms. The molecule has 10 heavy (non-hydrogen) atoms. The first-order valence-corrected chi connectivity index (χ1v) is 3.18. The van der Waals surface area contributed by atoms with Gasteiger partial charge in [-0.15, -0.1) is 0 Å². The van der Waals surface area contributed by atoms with Crippen molar-refractivity contribution in [1.82, 2.24) is 10.2 Å². The van der Waals surface area contributed by atoms with Crippen LogP contribution in [0.4, 0.5) is 0 Å². The molecule has 0 amide bonds. The molecule has 0 aliphatic carbocycles. The SMILES string of the molecule is C=CNC(CN(C)C)=NC. The first-order valence-electron chi connectivity index (χ1n) is 3.18. The van der Waals surface area contributed by atoms with Gasteiger partial charge in [0.1, 0.15) is 5.84 Å². The van der Waals surface area contributed by atoms with E-state index < -0.39 is 0 Å². The van der Waals surface area contributed by atoms with Crippen LogP contribution in [0.3, 0.4) is 0 Å². The highest BCUT2D eigenvalue weighted by molar-refractivity contribution is 5.84. The van der Waals surface area contributed by atoms with Crippen LogP contribution in [0.2, 0.25) is 0 Å². The predicted octanol–water partition coefficient (Wildman–Crippen LogP) is 0.309. The third kappa shape index (κ3) is 4.09. The quantitative estimate of drug-likeness (QED) is 0.452. The van der Waals surface area contributed by atoms with E-state index >= 15 is 0 Å². The maximum atomic E-state index is 4.01. The minimum atomic E-state index is 0.822. The summed E-state index contributed by atoms with van der Waals surface area (Å²) in [6.45, 7) is 4.37. The molecule has 0 aliphatic rings. The molecule has 0 atom stereocenters. The van der Waals surface area contributed by atoms with E-state index in [0.29, 0.717) is 0 Å². The molecule has 58 valence electrons. The van der Waals surface area contributed by atoms with Gasteiger partial charge in [0.2, 0.25) is 0 Å². The normalized spacial score (nSPS) is 11.8. The average molecular weight is 141 g/mol. The number of nitrogens with one attached hydrogen (secondary N) is 1. The Balaban J connectivity index is 3.73. The van der Waals surface area contributed by atoms with E-state index in [1.807, 2.05) is 19.0 Å². The zero-order valence-corrected chi connectivity index (χ0v) is 6.89. The zero-order valence-electron chi connectivity index (χ0n) is 6.89. The van der Waals surface area contributed by atoms with Crippen LogP contribution in [0, 0.1) is 0 Å². The van der Waals surface area contributed by atoms with Crippen LogP contribution in [-0.2, 0) is 0 Å². The topological polar surface area (TPSA) is 27.6 Å². The molecule has 0 bridgehead atoms. The molecule has 1 N–H and O–H groups in total. The number of hydrogen-bond donors (Lipinski definition) is 1. The van der Waals surface area contributed by atoms with Gasteiger partial charge in [-0.1, -0.05) is 6.58 Å². The maximum Gasteiger partial charge on any atom is 0.114 e. The van der Waals surface area contributed by atoms with Crippen molar-refractivity contribution in [3.63, 3.8) is 0 Å². The highest BCUT2D eigenvalue weighted by atomic mass is 15.1. The Morgan fingerprint density at radius 1 is 1.70 bits per heavy atom. The number of aliphatic imine (C=N–C) groups is 1. The van der Waals surface area contributed by atoms with Crippen molar-refractivity contribution in [3.8, 4) is 0 Å². The second-order valence-corrected chi connectivity index (χ2v) is 2.26. The highest BCUT2D eigenvalue weighted by Gasteiger charge is 1.94. The smallest absolute Gasteiger partial charge is 0.114 e. The molecule has 0 radical (unpaired) electrons. The Kier molecular flexibility index (Phi) is 4.58. The highest BCUT2D eigenvalue weighted by Crippen LogP contribution is 1.77. The monoisotopic (exact) mass is 141 g/mol. The van der Waals surface area contributed by atoms with E-state index in [1.165, 1.54) is 0 Å². The van der Waals surface area contributed by atoms with Crippen LogP contribution in [0.25, 0.3) is 0 Å². The van der Waals surface area contributed by atoms with Crippen molar-refractivity contribution in [2.75, 3.05) is 27.7 Å². The summed E-state index contributed by atoms with van der Waals surface area (Å²) < 4.78 is 0. The zero-order chi connectivity index (χ0) is 7.98. The first kappa shape index (κ1) is 9.17. The van der Waals surface area contributed by atoms with Gasteiger partial charge < -0.3 is 10.2 Å². The molecule has 0 heterocycles. The third-order valence-corrected chi connectivity index (χ3v) is 1.00. The minimum absolute atomic E-state index is 0.822. The van der Waals surface area contributed by atoms with Crippen molar-refractivity contribution < 1.29 is 0 Å². The lowest BCUT2D eigenvalue weighted by Gasteiger charge is -2.10. The van der Waals surface area contributed by atoms with Gasteiger partial charge in [-0.3, -0.25) is 4.99 Å². The molecule has 0 aromatic heterocycles. The van der Waals surface area contributed by atoms with Gasteiger partial charge in [-0.2, -0.15) is 0 Å². The lowest BCUT2D eigenvalue weighted by Crippen LogP contribution is -2.30. The van der Waals surface area contributed by atoms with Crippen molar-refractivity contribution in [3.05, 3.63) is 12.8 Å². The Morgan fingerprint density at radius 2 is 2.30 bits per heavy atom. The van der Waals surface area contributed by atoms with Crippen LogP contribution < -0.4 is 5.32 Å². The summed E-state index contributed by atoms with van der Waals surface area (Å²) in [5.41, 5.74) is 0. The van der Waals surface area contributed by atoms with Gasteiger partial charge >= 0.3 is 0 Å². The molecule has 0 fully saturated rings. The van der Waals surface area contributed by atoms with Crippen molar-refractivity contribution in [2.24, 2.45) is 4.99 Å². The van der Waals surface area contributed by atoms with E-state index in [0.717, 1.165) is 12.4 Å². The van der Waals surface area contributed by atoms with Gasteiger partial charge in [0.05, 0.1) is 6.54 Å². The summed E-state index contributed by atoms with van der Waals surface area (Å²) in [5, 5.41) is 2.94. The Hall–Kier alpha value is -0.830. The van der Waals surface area contributed by atoms with Crippen LogP contribution in [0.15, 0.2) is 17.8 Å². The molecular weight excluding hydrogens is 126 g/mol. The maximum absolute atomic E-state index is 4.01. The predicted molar refractivity (Wildman–Crippen MR) is 45.2 cm³/mol. The Morgan fingerprint density at radius 3 is 2.60 bits per heavy atom. The fourth-order valence-electron chi connectivity index (χ4n) is 0.598. The summed E-state index contributed by atoms with van der Waals surface area (Å²) in [7, 11) is 5.75. The number of hydrogen-bond acceptors (Lipinski definition) is 2. The van der Waals surface area contributed by atoms with Crippen LogP contribution in [-0.4, -0.2) is 38.4 Å². The van der Waals surface area contributed by atoms with Crippen LogP contribution in [0.5, 0.6) is 0 Å². The van der Waals surface area contributed by atoms with E-state index in [9.17, 15) is 0 Å². The lowest BCUT2D eigenvalue weighted by molar-refractivity contribution is 0.466. The second kappa shape index (κ2) is 4.99. The third-order valence-electron chi connectivity index (χ3n) is 1.00. The van der Waals surface area contributed by atoms with Crippen LogP contribution >= 0.6 is 0 Å². The van der Waals surface area contributed by atoms with E-state index in [2.05, 4.69) is 16.9 Å². The van der Waals surface area contributed by atoms with Gasteiger partial charge in [-0.25, -0.2) is 0 Å². The van der Waals surface area contributed by atoms with E-state index in [4.69, 9.17) is 0 Å². The second-order valence-electron chi connectivity index (χ2n) is 2.26. The summed E-state index contributed by atoms with van der Waals surface area (Å²) >= 11 is 0. The van der Waals surface area contributed by atoms with Gasteiger partial charge in [0.15, 0.2) is 0 Å². The van der Waals surface area contributed by atoms with Gasteiger partial charge in [0.25, 0.3) is 0 Å². The van der Waals surface area contributed by atoms with E-state index in [1.54, 1.807) is 13.2 Å². The van der Waals surface area contributed by atoms with Crippen molar-refractivity contribution in [1.29, 1.82) is 0 Å².